The Labute approximate surface area is 136 Å². The Bertz CT molecular complexity index is 560. The van der Waals surface area contributed by atoms with Crippen molar-refractivity contribution in [3.8, 4) is 5.75 Å². The van der Waals surface area contributed by atoms with Gasteiger partial charge in [0, 0.05) is 0 Å². The first-order valence-electron chi connectivity index (χ1n) is 7.58. The maximum absolute atomic E-state index is 5.71. The van der Waals surface area contributed by atoms with E-state index in [2.05, 4.69) is 79.2 Å². The van der Waals surface area contributed by atoms with Crippen LogP contribution in [0.2, 0.25) is 0 Å². The van der Waals surface area contributed by atoms with E-state index in [1.54, 1.807) is 0 Å². The summed E-state index contributed by atoms with van der Waals surface area (Å²) in [5.41, 5.74) is 3.87. The van der Waals surface area contributed by atoms with Crippen LogP contribution in [0, 0.1) is 0 Å². The van der Waals surface area contributed by atoms with Crippen LogP contribution in [-0.2, 0) is 0 Å². The normalized spacial score (nSPS) is 12.4. The molecular formula is C19H23BrO. The third kappa shape index (κ3) is 4.34. The molecule has 2 heteroatoms. The molecule has 0 aliphatic carbocycles. The Morgan fingerprint density at radius 1 is 0.952 bits per heavy atom. The Morgan fingerprint density at radius 3 is 2.24 bits per heavy atom. The van der Waals surface area contributed by atoms with Crippen LogP contribution in [0.1, 0.15) is 54.6 Å². The summed E-state index contributed by atoms with van der Waals surface area (Å²) in [7, 11) is 0. The molecular weight excluding hydrogens is 324 g/mol. The molecule has 0 bridgehead atoms. The van der Waals surface area contributed by atoms with Gasteiger partial charge in [-0.05, 0) is 41.2 Å². The standard InChI is InChI=1S/C19H23BrO/c1-4-12-21-18-7-5-6-17(13-18)19(20)16-10-8-15(9-11-16)14(2)3/h5-11,13-14,19H,4,12H2,1-3H3. The van der Waals surface area contributed by atoms with Gasteiger partial charge < -0.3 is 4.74 Å². The first-order valence-corrected chi connectivity index (χ1v) is 8.50. The molecule has 0 fully saturated rings. The maximum Gasteiger partial charge on any atom is 0.119 e. The molecule has 2 aromatic rings. The average Bonchev–Trinajstić information content (AvgIpc) is 2.52. The number of rotatable bonds is 6. The molecule has 0 N–H and O–H groups in total. The highest BCUT2D eigenvalue weighted by atomic mass is 79.9. The molecule has 0 spiro atoms. The summed E-state index contributed by atoms with van der Waals surface area (Å²) >= 11 is 3.80. The molecule has 2 rings (SSSR count). The fourth-order valence-corrected chi connectivity index (χ4v) is 2.81. The number of hydrogen-bond acceptors (Lipinski definition) is 1. The molecule has 0 heterocycles. The summed E-state index contributed by atoms with van der Waals surface area (Å²) in [5, 5.41) is 0. The molecule has 21 heavy (non-hydrogen) atoms. The first-order chi connectivity index (χ1) is 10.1. The van der Waals surface area contributed by atoms with Crippen molar-refractivity contribution >= 4 is 15.9 Å². The summed E-state index contributed by atoms with van der Waals surface area (Å²) in [5.74, 6) is 1.51. The van der Waals surface area contributed by atoms with Gasteiger partial charge in [-0.15, -0.1) is 0 Å². The van der Waals surface area contributed by atoms with Crippen molar-refractivity contribution in [2.75, 3.05) is 6.61 Å². The van der Waals surface area contributed by atoms with Gasteiger partial charge in [0.1, 0.15) is 5.75 Å². The molecule has 2 aromatic carbocycles. The molecule has 0 saturated heterocycles. The molecule has 0 radical (unpaired) electrons. The SMILES string of the molecule is CCCOc1cccc(C(Br)c2ccc(C(C)C)cc2)c1. The van der Waals surface area contributed by atoms with Crippen molar-refractivity contribution in [1.82, 2.24) is 0 Å². The predicted octanol–water partition coefficient (Wildman–Crippen LogP) is 6.08. The second kappa shape index (κ2) is 7.65. The van der Waals surface area contributed by atoms with Crippen molar-refractivity contribution < 1.29 is 4.74 Å². The Kier molecular flexibility index (Phi) is 5.86. The van der Waals surface area contributed by atoms with Crippen LogP contribution in [0.4, 0.5) is 0 Å². The van der Waals surface area contributed by atoms with E-state index in [1.807, 2.05) is 6.07 Å². The minimum Gasteiger partial charge on any atom is -0.494 e. The molecule has 0 aliphatic rings. The highest BCUT2D eigenvalue weighted by Crippen LogP contribution is 2.33. The number of halogens is 1. The lowest BCUT2D eigenvalue weighted by molar-refractivity contribution is 0.317. The number of alkyl halides is 1. The van der Waals surface area contributed by atoms with Gasteiger partial charge in [-0.3, -0.25) is 0 Å². The second-order valence-electron chi connectivity index (χ2n) is 5.60. The van der Waals surface area contributed by atoms with E-state index >= 15 is 0 Å². The number of benzene rings is 2. The molecule has 0 amide bonds. The number of hydrogen-bond donors (Lipinski definition) is 0. The van der Waals surface area contributed by atoms with Gasteiger partial charge in [-0.1, -0.05) is 73.1 Å². The lowest BCUT2D eigenvalue weighted by atomic mass is 9.99. The largest absolute Gasteiger partial charge is 0.494 e. The molecule has 0 aliphatic heterocycles. The average molecular weight is 347 g/mol. The fourth-order valence-electron chi connectivity index (χ4n) is 2.22. The highest BCUT2D eigenvalue weighted by molar-refractivity contribution is 9.09. The fraction of sp³-hybridized carbons (Fsp3) is 0.368. The third-order valence-electron chi connectivity index (χ3n) is 3.52. The maximum atomic E-state index is 5.71. The van der Waals surface area contributed by atoms with Crippen LogP contribution < -0.4 is 4.74 Å². The molecule has 1 atom stereocenters. The topological polar surface area (TPSA) is 9.23 Å². The first kappa shape index (κ1) is 16.1. The second-order valence-corrected chi connectivity index (χ2v) is 6.52. The van der Waals surface area contributed by atoms with E-state index < -0.39 is 0 Å². The minimum absolute atomic E-state index is 0.198. The Balaban J connectivity index is 2.16. The van der Waals surface area contributed by atoms with Crippen LogP contribution >= 0.6 is 15.9 Å². The van der Waals surface area contributed by atoms with Gasteiger partial charge in [-0.25, -0.2) is 0 Å². The Hall–Kier alpha value is -1.28. The summed E-state index contributed by atoms with van der Waals surface area (Å²) < 4.78 is 5.71. The number of ether oxygens (including phenoxy) is 1. The monoisotopic (exact) mass is 346 g/mol. The zero-order valence-electron chi connectivity index (χ0n) is 13.0. The van der Waals surface area contributed by atoms with E-state index in [0.29, 0.717) is 5.92 Å². The van der Waals surface area contributed by atoms with Gasteiger partial charge in [0.05, 0.1) is 11.4 Å². The lowest BCUT2D eigenvalue weighted by Gasteiger charge is -2.14. The zero-order chi connectivity index (χ0) is 15.2. The quantitative estimate of drug-likeness (QED) is 0.575. The van der Waals surface area contributed by atoms with Crippen LogP contribution in [0.15, 0.2) is 48.5 Å². The van der Waals surface area contributed by atoms with Gasteiger partial charge in [0.15, 0.2) is 0 Å². The van der Waals surface area contributed by atoms with Gasteiger partial charge in [0.25, 0.3) is 0 Å². The third-order valence-corrected chi connectivity index (χ3v) is 4.58. The molecule has 1 nitrogen and oxygen atoms in total. The summed E-state index contributed by atoms with van der Waals surface area (Å²) in [4.78, 5) is 0.198. The van der Waals surface area contributed by atoms with Crippen molar-refractivity contribution in [1.29, 1.82) is 0 Å². The van der Waals surface area contributed by atoms with Gasteiger partial charge in [-0.2, -0.15) is 0 Å². The van der Waals surface area contributed by atoms with Crippen LogP contribution in [0.25, 0.3) is 0 Å². The summed E-state index contributed by atoms with van der Waals surface area (Å²) in [6, 6.07) is 17.2. The minimum atomic E-state index is 0.198. The van der Waals surface area contributed by atoms with Crippen molar-refractivity contribution in [2.24, 2.45) is 0 Å². The van der Waals surface area contributed by atoms with Crippen molar-refractivity contribution in [3.05, 3.63) is 65.2 Å². The van der Waals surface area contributed by atoms with E-state index in [-0.39, 0.29) is 4.83 Å². The molecule has 0 saturated carbocycles. The van der Waals surface area contributed by atoms with E-state index in [1.165, 1.54) is 16.7 Å². The summed E-state index contributed by atoms with van der Waals surface area (Å²) in [6.07, 6.45) is 1.03. The summed E-state index contributed by atoms with van der Waals surface area (Å²) in [6.45, 7) is 7.32. The smallest absolute Gasteiger partial charge is 0.119 e. The van der Waals surface area contributed by atoms with Crippen LogP contribution in [0.5, 0.6) is 5.75 Å². The van der Waals surface area contributed by atoms with Crippen LogP contribution in [0.3, 0.4) is 0 Å². The predicted molar refractivity (Wildman–Crippen MR) is 93.5 cm³/mol. The molecule has 1 unspecified atom stereocenters. The Morgan fingerprint density at radius 2 is 1.62 bits per heavy atom. The van der Waals surface area contributed by atoms with Crippen molar-refractivity contribution in [2.45, 2.75) is 37.9 Å². The van der Waals surface area contributed by atoms with Gasteiger partial charge in [0.2, 0.25) is 0 Å². The van der Waals surface area contributed by atoms with Crippen molar-refractivity contribution in [3.63, 3.8) is 0 Å². The van der Waals surface area contributed by atoms with Gasteiger partial charge >= 0.3 is 0 Å². The van der Waals surface area contributed by atoms with Crippen LogP contribution in [-0.4, -0.2) is 6.61 Å². The lowest BCUT2D eigenvalue weighted by Crippen LogP contribution is -1.98. The van der Waals surface area contributed by atoms with E-state index in [0.717, 1.165) is 18.8 Å². The van der Waals surface area contributed by atoms with E-state index in [4.69, 9.17) is 4.74 Å². The van der Waals surface area contributed by atoms with E-state index in [9.17, 15) is 0 Å². The molecule has 112 valence electrons. The highest BCUT2D eigenvalue weighted by Gasteiger charge is 2.11. The molecule has 0 aromatic heterocycles. The zero-order valence-corrected chi connectivity index (χ0v) is 14.6.